The molecule has 0 radical (unpaired) electrons. The van der Waals surface area contributed by atoms with Crippen LogP contribution < -0.4 is 19.7 Å². The fourth-order valence-electron chi connectivity index (χ4n) is 3.26. The molecular weight excluding hydrogens is 342 g/mol. The highest BCUT2D eigenvalue weighted by Gasteiger charge is 2.23. The number of carbonyl (C=O) groups is 1. The molecule has 0 saturated carbocycles. The van der Waals surface area contributed by atoms with Crippen LogP contribution in [0.1, 0.15) is 11.1 Å². The lowest BCUT2D eigenvalue weighted by atomic mass is 10.1. The molecule has 0 aliphatic carbocycles. The van der Waals surface area contributed by atoms with Crippen molar-refractivity contribution in [1.29, 1.82) is 0 Å². The highest BCUT2D eigenvalue weighted by atomic mass is 16.5. The largest absolute Gasteiger partial charge is 0.497 e. The van der Waals surface area contributed by atoms with Crippen LogP contribution in [0.3, 0.4) is 0 Å². The van der Waals surface area contributed by atoms with Crippen molar-refractivity contribution in [2.24, 2.45) is 0 Å². The molecule has 1 aliphatic heterocycles. The normalized spacial score (nSPS) is 14.1. The van der Waals surface area contributed by atoms with Crippen LogP contribution in [0.4, 0.5) is 16.2 Å². The Morgan fingerprint density at radius 2 is 1.70 bits per heavy atom. The van der Waals surface area contributed by atoms with Crippen molar-refractivity contribution in [1.82, 2.24) is 4.90 Å². The third-order valence-electron chi connectivity index (χ3n) is 4.93. The molecule has 3 rings (SSSR count). The van der Waals surface area contributed by atoms with Crippen molar-refractivity contribution in [3.63, 3.8) is 0 Å². The second-order valence-electron chi connectivity index (χ2n) is 6.76. The summed E-state index contributed by atoms with van der Waals surface area (Å²) in [6.45, 7) is 6.85. The molecule has 1 fully saturated rings. The molecule has 2 aromatic carbocycles. The molecule has 2 aromatic rings. The van der Waals surface area contributed by atoms with Gasteiger partial charge in [0.15, 0.2) is 0 Å². The Hall–Kier alpha value is -2.89. The fraction of sp³-hybridized carbons (Fsp3) is 0.381. The molecular formula is C21H27N3O3. The van der Waals surface area contributed by atoms with Gasteiger partial charge in [-0.15, -0.1) is 0 Å². The number of carbonyl (C=O) groups excluding carboxylic acids is 1. The van der Waals surface area contributed by atoms with Crippen molar-refractivity contribution < 1.29 is 14.3 Å². The Morgan fingerprint density at radius 3 is 2.37 bits per heavy atom. The molecule has 1 heterocycles. The van der Waals surface area contributed by atoms with Gasteiger partial charge in [0.2, 0.25) is 0 Å². The van der Waals surface area contributed by atoms with Gasteiger partial charge in [-0.2, -0.15) is 0 Å². The number of rotatable bonds is 4. The van der Waals surface area contributed by atoms with Gasteiger partial charge in [0.1, 0.15) is 11.5 Å². The lowest BCUT2D eigenvalue weighted by molar-refractivity contribution is 0.208. The van der Waals surface area contributed by atoms with Crippen LogP contribution >= 0.6 is 0 Å². The minimum absolute atomic E-state index is 0.0509. The predicted octanol–water partition coefficient (Wildman–Crippen LogP) is 3.67. The van der Waals surface area contributed by atoms with E-state index in [0.717, 1.165) is 47.1 Å². The molecule has 6 heteroatoms. The zero-order valence-electron chi connectivity index (χ0n) is 16.4. The average molecular weight is 369 g/mol. The third-order valence-corrected chi connectivity index (χ3v) is 4.93. The number of hydrogen-bond acceptors (Lipinski definition) is 4. The van der Waals surface area contributed by atoms with Crippen LogP contribution in [0, 0.1) is 13.8 Å². The van der Waals surface area contributed by atoms with Gasteiger partial charge in [-0.05, 0) is 43.2 Å². The summed E-state index contributed by atoms with van der Waals surface area (Å²) in [6.07, 6.45) is 0. The van der Waals surface area contributed by atoms with Gasteiger partial charge in [0.05, 0.1) is 19.9 Å². The van der Waals surface area contributed by atoms with E-state index in [2.05, 4.69) is 10.2 Å². The molecule has 1 N–H and O–H groups in total. The molecule has 0 aromatic heterocycles. The van der Waals surface area contributed by atoms with Crippen molar-refractivity contribution >= 4 is 17.4 Å². The standard InChI is InChI=1S/C21H27N3O3/c1-15-5-6-16(2)18(13-15)22-21(25)24-11-9-23(10-12-24)19-8-7-17(26-3)14-20(19)27-4/h5-8,13-14H,9-12H2,1-4H3,(H,22,25). The number of piperazine rings is 1. The number of nitrogens with one attached hydrogen (secondary N) is 1. The number of benzene rings is 2. The maximum atomic E-state index is 12.6. The molecule has 6 nitrogen and oxygen atoms in total. The average Bonchev–Trinajstić information content (AvgIpc) is 2.70. The maximum absolute atomic E-state index is 12.6. The molecule has 0 bridgehead atoms. The van der Waals surface area contributed by atoms with E-state index in [-0.39, 0.29) is 6.03 Å². The smallest absolute Gasteiger partial charge is 0.321 e. The second kappa shape index (κ2) is 8.20. The van der Waals surface area contributed by atoms with Crippen molar-refractivity contribution in [3.05, 3.63) is 47.5 Å². The Bertz CT molecular complexity index is 814. The Labute approximate surface area is 160 Å². The minimum atomic E-state index is -0.0509. The summed E-state index contributed by atoms with van der Waals surface area (Å²) in [6, 6.07) is 11.8. The first-order valence-corrected chi connectivity index (χ1v) is 9.12. The zero-order valence-corrected chi connectivity index (χ0v) is 16.4. The summed E-state index contributed by atoms with van der Waals surface area (Å²) >= 11 is 0. The van der Waals surface area contributed by atoms with E-state index in [1.165, 1.54) is 0 Å². The number of nitrogens with zero attached hydrogens (tertiary/aromatic N) is 2. The van der Waals surface area contributed by atoms with Crippen LogP contribution in [-0.2, 0) is 0 Å². The maximum Gasteiger partial charge on any atom is 0.321 e. The number of hydrogen-bond donors (Lipinski definition) is 1. The highest BCUT2D eigenvalue weighted by Crippen LogP contribution is 2.32. The van der Waals surface area contributed by atoms with Crippen LogP contribution in [-0.4, -0.2) is 51.3 Å². The fourth-order valence-corrected chi connectivity index (χ4v) is 3.26. The van der Waals surface area contributed by atoms with E-state index >= 15 is 0 Å². The quantitative estimate of drug-likeness (QED) is 0.893. The number of urea groups is 1. The van der Waals surface area contributed by atoms with Crippen LogP contribution in [0.25, 0.3) is 0 Å². The number of amides is 2. The first kappa shape index (κ1) is 18.9. The first-order chi connectivity index (χ1) is 13.0. The van der Waals surface area contributed by atoms with Gasteiger partial charge >= 0.3 is 6.03 Å². The minimum Gasteiger partial charge on any atom is -0.497 e. The SMILES string of the molecule is COc1ccc(N2CCN(C(=O)Nc3cc(C)ccc3C)CC2)c(OC)c1. The molecule has 1 saturated heterocycles. The van der Waals surface area contributed by atoms with Crippen molar-refractivity contribution in [2.45, 2.75) is 13.8 Å². The second-order valence-corrected chi connectivity index (χ2v) is 6.76. The molecule has 0 unspecified atom stereocenters. The van der Waals surface area contributed by atoms with Crippen molar-refractivity contribution in [2.75, 3.05) is 50.6 Å². The topological polar surface area (TPSA) is 54.0 Å². The summed E-state index contributed by atoms with van der Waals surface area (Å²) in [5, 5.41) is 3.04. The summed E-state index contributed by atoms with van der Waals surface area (Å²) in [7, 11) is 3.30. The predicted molar refractivity (Wildman–Crippen MR) is 108 cm³/mol. The number of aryl methyl sites for hydroxylation is 2. The van der Waals surface area contributed by atoms with Crippen LogP contribution in [0.15, 0.2) is 36.4 Å². The Balaban J connectivity index is 1.63. The van der Waals surface area contributed by atoms with E-state index in [0.29, 0.717) is 13.1 Å². The molecule has 144 valence electrons. The number of anilines is 2. The number of ether oxygens (including phenoxy) is 2. The molecule has 27 heavy (non-hydrogen) atoms. The van der Waals surface area contributed by atoms with Gasteiger partial charge in [0, 0.05) is 37.9 Å². The van der Waals surface area contributed by atoms with Gasteiger partial charge in [-0.1, -0.05) is 12.1 Å². The van der Waals surface area contributed by atoms with E-state index in [1.807, 2.05) is 55.1 Å². The zero-order chi connectivity index (χ0) is 19.4. The van der Waals surface area contributed by atoms with Crippen molar-refractivity contribution in [3.8, 4) is 11.5 Å². The van der Waals surface area contributed by atoms with Gasteiger partial charge < -0.3 is 24.6 Å². The summed E-state index contributed by atoms with van der Waals surface area (Å²) < 4.78 is 10.8. The van der Waals surface area contributed by atoms with Gasteiger partial charge in [0.25, 0.3) is 0 Å². The first-order valence-electron chi connectivity index (χ1n) is 9.12. The van der Waals surface area contributed by atoms with Gasteiger partial charge in [-0.3, -0.25) is 0 Å². The van der Waals surface area contributed by atoms with E-state index in [1.54, 1.807) is 14.2 Å². The summed E-state index contributed by atoms with van der Waals surface area (Å²) in [4.78, 5) is 16.7. The lowest BCUT2D eigenvalue weighted by Crippen LogP contribution is -2.50. The molecule has 0 atom stereocenters. The van der Waals surface area contributed by atoms with E-state index < -0.39 is 0 Å². The number of methoxy groups -OCH3 is 2. The monoisotopic (exact) mass is 369 g/mol. The van der Waals surface area contributed by atoms with Crippen LogP contribution in [0.2, 0.25) is 0 Å². The lowest BCUT2D eigenvalue weighted by Gasteiger charge is -2.36. The summed E-state index contributed by atoms with van der Waals surface area (Å²) in [5.74, 6) is 1.55. The highest BCUT2D eigenvalue weighted by molar-refractivity contribution is 5.90. The molecule has 2 amide bonds. The Morgan fingerprint density at radius 1 is 0.963 bits per heavy atom. The van der Waals surface area contributed by atoms with E-state index in [9.17, 15) is 4.79 Å². The van der Waals surface area contributed by atoms with E-state index in [4.69, 9.17) is 9.47 Å². The van der Waals surface area contributed by atoms with Gasteiger partial charge in [-0.25, -0.2) is 4.79 Å². The Kier molecular flexibility index (Phi) is 5.74. The third kappa shape index (κ3) is 4.27. The summed E-state index contributed by atoms with van der Waals surface area (Å²) in [5.41, 5.74) is 4.09. The molecule has 1 aliphatic rings. The molecule has 0 spiro atoms. The van der Waals surface area contributed by atoms with Crippen LogP contribution in [0.5, 0.6) is 11.5 Å².